The van der Waals surface area contributed by atoms with Crippen molar-refractivity contribution in [2.24, 2.45) is 0 Å². The zero-order chi connectivity index (χ0) is 20.9. The molecule has 0 spiro atoms. The monoisotopic (exact) mass is 424 g/mol. The summed E-state index contributed by atoms with van der Waals surface area (Å²) >= 11 is 5.94. The lowest BCUT2D eigenvalue weighted by atomic mass is 10.0. The molecule has 7 heteroatoms. The van der Waals surface area contributed by atoms with Gasteiger partial charge in [-0.25, -0.2) is 4.98 Å². The molecule has 0 unspecified atom stereocenters. The maximum Gasteiger partial charge on any atom is 0.258 e. The lowest BCUT2D eigenvalue weighted by Gasteiger charge is -2.32. The summed E-state index contributed by atoms with van der Waals surface area (Å²) in [7, 11) is 0. The molecule has 4 rings (SSSR count). The van der Waals surface area contributed by atoms with E-state index in [2.05, 4.69) is 32.3 Å². The number of H-pyrrole nitrogens is 1. The molecule has 2 aromatic carbocycles. The number of nitrogens with one attached hydrogen (secondary N) is 2. The fourth-order valence-corrected chi connectivity index (χ4v) is 3.99. The maximum atomic E-state index is 12.4. The van der Waals surface area contributed by atoms with Gasteiger partial charge in [0, 0.05) is 43.5 Å². The molecule has 30 heavy (non-hydrogen) atoms. The van der Waals surface area contributed by atoms with E-state index in [1.165, 1.54) is 5.56 Å². The number of amides is 1. The highest BCUT2D eigenvalue weighted by Crippen LogP contribution is 2.16. The van der Waals surface area contributed by atoms with Gasteiger partial charge in [-0.15, -0.1) is 0 Å². The number of fused-ring (bicyclic) bond motifs is 1. The quantitative estimate of drug-likeness (QED) is 0.636. The summed E-state index contributed by atoms with van der Waals surface area (Å²) in [6.07, 6.45) is 2.60. The van der Waals surface area contributed by atoms with E-state index in [0.717, 1.165) is 37.5 Å². The predicted molar refractivity (Wildman–Crippen MR) is 119 cm³/mol. The van der Waals surface area contributed by atoms with Crippen molar-refractivity contribution < 1.29 is 4.79 Å². The summed E-state index contributed by atoms with van der Waals surface area (Å²) in [6, 6.07) is 15.4. The first-order chi connectivity index (χ1) is 14.6. The fourth-order valence-electron chi connectivity index (χ4n) is 3.87. The Morgan fingerprint density at radius 2 is 1.87 bits per heavy atom. The number of aromatic nitrogens is 2. The van der Waals surface area contributed by atoms with E-state index in [0.29, 0.717) is 29.6 Å². The van der Waals surface area contributed by atoms with Crippen LogP contribution in [-0.4, -0.2) is 39.9 Å². The zero-order valence-corrected chi connectivity index (χ0v) is 17.5. The van der Waals surface area contributed by atoms with Gasteiger partial charge in [-0.05, 0) is 42.7 Å². The Kier molecular flexibility index (Phi) is 6.45. The van der Waals surface area contributed by atoms with Crippen molar-refractivity contribution >= 4 is 28.4 Å². The van der Waals surface area contributed by atoms with Crippen LogP contribution in [0.2, 0.25) is 5.02 Å². The highest BCUT2D eigenvalue weighted by Gasteiger charge is 2.20. The molecule has 156 valence electrons. The van der Waals surface area contributed by atoms with Crippen LogP contribution in [0.4, 0.5) is 0 Å². The molecule has 1 aliphatic heterocycles. The highest BCUT2D eigenvalue weighted by molar-refractivity contribution is 6.30. The first kappa shape index (κ1) is 20.6. The first-order valence-electron chi connectivity index (χ1n) is 10.3. The maximum absolute atomic E-state index is 12.4. The summed E-state index contributed by atoms with van der Waals surface area (Å²) in [6.45, 7) is 2.80. The molecule has 3 aromatic rings. The molecule has 0 bridgehead atoms. The Hall–Kier alpha value is -2.70. The van der Waals surface area contributed by atoms with E-state index in [1.807, 2.05) is 30.3 Å². The summed E-state index contributed by atoms with van der Waals surface area (Å²) in [4.78, 5) is 34.2. The summed E-state index contributed by atoms with van der Waals surface area (Å²) in [5, 5.41) is 4.45. The third kappa shape index (κ3) is 5.26. The van der Waals surface area contributed by atoms with Crippen molar-refractivity contribution in [3.05, 3.63) is 75.3 Å². The van der Waals surface area contributed by atoms with Gasteiger partial charge >= 0.3 is 0 Å². The molecule has 1 fully saturated rings. The topological polar surface area (TPSA) is 78.1 Å². The fraction of sp³-hybridized carbons (Fsp3) is 0.348. The number of nitrogens with zero attached hydrogens (tertiary/aromatic N) is 2. The molecule has 1 aromatic heterocycles. The van der Waals surface area contributed by atoms with Gasteiger partial charge in [0.05, 0.1) is 10.9 Å². The number of piperidine rings is 1. The van der Waals surface area contributed by atoms with E-state index < -0.39 is 0 Å². The summed E-state index contributed by atoms with van der Waals surface area (Å²) in [5.41, 5.74) is 1.74. The average molecular weight is 425 g/mol. The number of aryl methyl sites for hydroxylation is 1. The number of hydrogen-bond acceptors (Lipinski definition) is 4. The third-order valence-electron chi connectivity index (χ3n) is 5.52. The van der Waals surface area contributed by atoms with Crippen molar-refractivity contribution in [3.8, 4) is 0 Å². The molecule has 1 aliphatic rings. The second kappa shape index (κ2) is 9.41. The lowest BCUT2D eigenvalue weighted by molar-refractivity contribution is -0.122. The van der Waals surface area contributed by atoms with Crippen molar-refractivity contribution in [2.45, 2.75) is 38.3 Å². The summed E-state index contributed by atoms with van der Waals surface area (Å²) in [5.74, 6) is 0.550. The van der Waals surface area contributed by atoms with Gasteiger partial charge in [-0.1, -0.05) is 35.9 Å². The van der Waals surface area contributed by atoms with E-state index in [1.54, 1.807) is 6.07 Å². The summed E-state index contributed by atoms with van der Waals surface area (Å²) < 4.78 is 0. The standard InChI is InChI=1S/C23H25ClN4O2/c24-17-7-5-16(6-8-17)15-28-13-11-18(12-14-28)25-22(29)10-9-21-26-20-4-2-1-3-19(20)23(30)27-21/h1-8,18H,9-15H2,(H,25,29)(H,26,27,30). The number of aromatic amines is 1. The van der Waals surface area contributed by atoms with Crippen LogP contribution in [-0.2, 0) is 17.8 Å². The number of carbonyl (C=O) groups is 1. The van der Waals surface area contributed by atoms with E-state index in [4.69, 9.17) is 11.6 Å². The normalized spacial score (nSPS) is 15.4. The van der Waals surface area contributed by atoms with Gasteiger partial charge < -0.3 is 10.3 Å². The smallest absolute Gasteiger partial charge is 0.258 e. The van der Waals surface area contributed by atoms with Gasteiger partial charge in [0.1, 0.15) is 5.82 Å². The molecule has 2 N–H and O–H groups in total. The van der Waals surface area contributed by atoms with E-state index >= 15 is 0 Å². The van der Waals surface area contributed by atoms with Gasteiger partial charge in [-0.3, -0.25) is 14.5 Å². The molecule has 0 radical (unpaired) electrons. The Morgan fingerprint density at radius 3 is 2.63 bits per heavy atom. The number of carbonyl (C=O) groups excluding carboxylic acids is 1. The van der Waals surface area contributed by atoms with Crippen molar-refractivity contribution in [3.63, 3.8) is 0 Å². The minimum atomic E-state index is -0.163. The molecule has 0 saturated carbocycles. The van der Waals surface area contributed by atoms with Crippen LogP contribution in [0.5, 0.6) is 0 Å². The SMILES string of the molecule is O=C(CCc1nc2ccccc2c(=O)[nH]1)NC1CCN(Cc2ccc(Cl)cc2)CC1. The van der Waals surface area contributed by atoms with Crippen LogP contribution in [0.25, 0.3) is 10.9 Å². The van der Waals surface area contributed by atoms with Crippen LogP contribution in [0.3, 0.4) is 0 Å². The molecule has 0 atom stereocenters. The van der Waals surface area contributed by atoms with Crippen molar-refractivity contribution in [1.29, 1.82) is 0 Å². The van der Waals surface area contributed by atoms with E-state index in [-0.39, 0.29) is 17.5 Å². The minimum Gasteiger partial charge on any atom is -0.353 e. The predicted octanol–water partition coefficient (Wildman–Crippen LogP) is 3.29. The molecular formula is C23H25ClN4O2. The second-order valence-electron chi connectivity index (χ2n) is 7.77. The van der Waals surface area contributed by atoms with Gasteiger partial charge in [0.25, 0.3) is 5.56 Å². The number of hydrogen-bond donors (Lipinski definition) is 2. The van der Waals surface area contributed by atoms with Crippen molar-refractivity contribution in [1.82, 2.24) is 20.2 Å². The largest absolute Gasteiger partial charge is 0.353 e. The van der Waals surface area contributed by atoms with Gasteiger partial charge in [0.2, 0.25) is 5.91 Å². The third-order valence-corrected chi connectivity index (χ3v) is 5.77. The van der Waals surface area contributed by atoms with Crippen molar-refractivity contribution in [2.75, 3.05) is 13.1 Å². The second-order valence-corrected chi connectivity index (χ2v) is 8.21. The lowest BCUT2D eigenvalue weighted by Crippen LogP contribution is -2.44. The number of benzene rings is 2. The Morgan fingerprint density at radius 1 is 1.13 bits per heavy atom. The van der Waals surface area contributed by atoms with Crippen LogP contribution >= 0.6 is 11.6 Å². The van der Waals surface area contributed by atoms with Crippen LogP contribution < -0.4 is 10.9 Å². The van der Waals surface area contributed by atoms with Gasteiger partial charge in [-0.2, -0.15) is 0 Å². The Balaban J connectivity index is 1.23. The highest BCUT2D eigenvalue weighted by atomic mass is 35.5. The number of halogens is 1. The number of likely N-dealkylation sites (tertiary alicyclic amines) is 1. The number of rotatable bonds is 6. The Labute approximate surface area is 180 Å². The number of para-hydroxylation sites is 1. The molecular weight excluding hydrogens is 400 g/mol. The molecule has 1 amide bonds. The van der Waals surface area contributed by atoms with Crippen LogP contribution in [0.1, 0.15) is 30.7 Å². The first-order valence-corrected chi connectivity index (χ1v) is 10.7. The molecule has 1 saturated heterocycles. The molecule has 2 heterocycles. The molecule has 6 nitrogen and oxygen atoms in total. The van der Waals surface area contributed by atoms with Crippen LogP contribution in [0, 0.1) is 0 Å². The minimum absolute atomic E-state index is 0.00181. The van der Waals surface area contributed by atoms with Crippen LogP contribution in [0.15, 0.2) is 53.3 Å². The Bertz CT molecular complexity index is 1070. The van der Waals surface area contributed by atoms with Gasteiger partial charge in [0.15, 0.2) is 0 Å². The molecule has 0 aliphatic carbocycles. The average Bonchev–Trinajstić information content (AvgIpc) is 2.75. The zero-order valence-electron chi connectivity index (χ0n) is 16.7. The van der Waals surface area contributed by atoms with E-state index in [9.17, 15) is 9.59 Å².